The minimum Gasteiger partial charge on any atom is -0.464 e. The summed E-state index contributed by atoms with van der Waals surface area (Å²) in [6.07, 6.45) is 3.54. The number of amides is 1. The lowest BCUT2D eigenvalue weighted by molar-refractivity contribution is -0.157. The predicted octanol–water partition coefficient (Wildman–Crippen LogP) is 0.887. The number of ether oxygens (including phenoxy) is 2. The van der Waals surface area contributed by atoms with Crippen molar-refractivity contribution in [2.75, 3.05) is 26.9 Å². The fourth-order valence-electron chi connectivity index (χ4n) is 2.77. The first-order chi connectivity index (χ1) is 8.64. The Morgan fingerprint density at radius 3 is 3.00 bits per heavy atom. The number of nitrogens with zero attached hydrogens (tertiary/aromatic N) is 1. The van der Waals surface area contributed by atoms with Crippen LogP contribution in [0.15, 0.2) is 11.6 Å². The van der Waals surface area contributed by atoms with E-state index in [4.69, 9.17) is 9.47 Å². The van der Waals surface area contributed by atoms with E-state index in [0.29, 0.717) is 39.0 Å². The van der Waals surface area contributed by atoms with Crippen LogP contribution < -0.4 is 0 Å². The minimum absolute atomic E-state index is 0.0452. The Hall–Kier alpha value is -1.36. The van der Waals surface area contributed by atoms with Crippen LogP contribution in [0, 0.1) is 0 Å². The van der Waals surface area contributed by atoms with Gasteiger partial charge in [-0.2, -0.15) is 0 Å². The maximum absolute atomic E-state index is 12.1. The largest absolute Gasteiger partial charge is 0.464 e. The average molecular weight is 253 g/mol. The first kappa shape index (κ1) is 13.1. The van der Waals surface area contributed by atoms with Crippen molar-refractivity contribution in [3.05, 3.63) is 11.6 Å². The van der Waals surface area contributed by atoms with E-state index in [1.165, 1.54) is 0 Å². The van der Waals surface area contributed by atoms with Gasteiger partial charge in [0.15, 0.2) is 0 Å². The van der Waals surface area contributed by atoms with Crippen LogP contribution in [0.3, 0.4) is 0 Å². The summed E-state index contributed by atoms with van der Waals surface area (Å²) in [6.45, 7) is 3.17. The highest BCUT2D eigenvalue weighted by atomic mass is 16.5. The lowest BCUT2D eigenvalue weighted by Crippen LogP contribution is -2.48. The lowest BCUT2D eigenvalue weighted by atomic mass is 9.92. The quantitative estimate of drug-likeness (QED) is 0.551. The highest BCUT2D eigenvalue weighted by Crippen LogP contribution is 2.42. The number of methoxy groups -OCH3 is 1. The molecule has 0 aromatic carbocycles. The van der Waals surface area contributed by atoms with E-state index >= 15 is 0 Å². The van der Waals surface area contributed by atoms with Gasteiger partial charge >= 0.3 is 5.97 Å². The number of carbonyl (C=O) groups excluding carboxylic acids is 2. The minimum atomic E-state index is -0.743. The van der Waals surface area contributed by atoms with Crippen LogP contribution in [0.1, 0.15) is 26.2 Å². The first-order valence-corrected chi connectivity index (χ1v) is 6.28. The van der Waals surface area contributed by atoms with Gasteiger partial charge in [-0.3, -0.25) is 4.79 Å². The Morgan fingerprint density at radius 1 is 1.56 bits per heavy atom. The Labute approximate surface area is 107 Å². The van der Waals surface area contributed by atoms with Gasteiger partial charge in [-0.25, -0.2) is 4.79 Å². The first-order valence-electron chi connectivity index (χ1n) is 6.28. The standard InChI is InChI=1S/C13H19NO4/c1-3-18-12(16)13-6-4-11(15)14(13)9-10(8-13)5-7-17-2/h5H,3-4,6-9H2,1-2H3/b10-5-/t13-/m0/s1. The molecule has 2 aliphatic rings. The molecule has 0 spiro atoms. The van der Waals surface area contributed by atoms with Gasteiger partial charge < -0.3 is 14.4 Å². The molecule has 0 aromatic heterocycles. The van der Waals surface area contributed by atoms with Crippen molar-refractivity contribution in [3.63, 3.8) is 0 Å². The third-order valence-corrected chi connectivity index (χ3v) is 3.64. The van der Waals surface area contributed by atoms with Crippen LogP contribution >= 0.6 is 0 Å². The smallest absolute Gasteiger partial charge is 0.332 e. The average Bonchev–Trinajstić information content (AvgIpc) is 2.86. The summed E-state index contributed by atoms with van der Waals surface area (Å²) in [6, 6.07) is 0. The molecule has 0 radical (unpaired) electrons. The number of rotatable bonds is 4. The van der Waals surface area contributed by atoms with Crippen molar-refractivity contribution in [2.24, 2.45) is 0 Å². The van der Waals surface area contributed by atoms with Gasteiger partial charge in [-0.1, -0.05) is 6.08 Å². The molecule has 2 rings (SSSR count). The molecular formula is C13H19NO4. The molecule has 1 atom stereocenters. The number of hydrogen-bond donors (Lipinski definition) is 0. The summed E-state index contributed by atoms with van der Waals surface area (Å²) >= 11 is 0. The van der Waals surface area contributed by atoms with Crippen molar-refractivity contribution in [3.8, 4) is 0 Å². The molecule has 5 heteroatoms. The van der Waals surface area contributed by atoms with Gasteiger partial charge in [0.05, 0.1) is 13.2 Å². The number of esters is 1. The third-order valence-electron chi connectivity index (χ3n) is 3.64. The maximum atomic E-state index is 12.1. The summed E-state index contributed by atoms with van der Waals surface area (Å²) < 4.78 is 10.1. The number of fused-ring (bicyclic) bond motifs is 1. The molecule has 18 heavy (non-hydrogen) atoms. The van der Waals surface area contributed by atoms with Crippen LogP contribution in [0.4, 0.5) is 0 Å². The lowest BCUT2D eigenvalue weighted by Gasteiger charge is -2.28. The molecular weight excluding hydrogens is 234 g/mol. The molecule has 2 heterocycles. The van der Waals surface area contributed by atoms with Crippen molar-refractivity contribution in [1.29, 1.82) is 0 Å². The molecule has 0 bridgehead atoms. The van der Waals surface area contributed by atoms with E-state index in [1.54, 1.807) is 18.9 Å². The van der Waals surface area contributed by atoms with E-state index in [1.807, 2.05) is 6.08 Å². The van der Waals surface area contributed by atoms with Gasteiger partial charge in [0.25, 0.3) is 0 Å². The number of hydrogen-bond acceptors (Lipinski definition) is 4. The molecule has 0 saturated carbocycles. The van der Waals surface area contributed by atoms with Gasteiger partial charge in [-0.05, 0) is 18.9 Å². The van der Waals surface area contributed by atoms with Crippen molar-refractivity contribution in [1.82, 2.24) is 4.90 Å². The van der Waals surface area contributed by atoms with E-state index in [0.717, 1.165) is 5.57 Å². The zero-order chi connectivity index (χ0) is 13.2. The molecule has 0 unspecified atom stereocenters. The highest BCUT2D eigenvalue weighted by molar-refractivity contribution is 5.93. The monoisotopic (exact) mass is 253 g/mol. The Morgan fingerprint density at radius 2 is 2.33 bits per heavy atom. The van der Waals surface area contributed by atoms with Crippen molar-refractivity contribution < 1.29 is 19.1 Å². The zero-order valence-electron chi connectivity index (χ0n) is 10.9. The maximum Gasteiger partial charge on any atom is 0.332 e. The van der Waals surface area contributed by atoms with Gasteiger partial charge in [0.1, 0.15) is 5.54 Å². The zero-order valence-corrected chi connectivity index (χ0v) is 10.9. The fourth-order valence-corrected chi connectivity index (χ4v) is 2.77. The van der Waals surface area contributed by atoms with Crippen LogP contribution in [0.2, 0.25) is 0 Å². The van der Waals surface area contributed by atoms with Crippen molar-refractivity contribution in [2.45, 2.75) is 31.7 Å². The van der Waals surface area contributed by atoms with Gasteiger partial charge in [0.2, 0.25) is 5.91 Å². The SMILES string of the molecule is CCOC(=O)[C@@]12CCC(=O)N1C/C(=C\COC)C2. The Bertz CT molecular complexity index is 390. The molecule has 0 aliphatic carbocycles. The predicted molar refractivity (Wildman–Crippen MR) is 64.9 cm³/mol. The molecule has 5 nitrogen and oxygen atoms in total. The van der Waals surface area contributed by atoms with Gasteiger partial charge in [0, 0.05) is 26.5 Å². The highest BCUT2D eigenvalue weighted by Gasteiger charge is 2.56. The van der Waals surface area contributed by atoms with Crippen LogP contribution in [0.5, 0.6) is 0 Å². The second-order valence-electron chi connectivity index (χ2n) is 4.73. The van der Waals surface area contributed by atoms with E-state index in [2.05, 4.69) is 0 Å². The van der Waals surface area contributed by atoms with E-state index < -0.39 is 5.54 Å². The summed E-state index contributed by atoms with van der Waals surface area (Å²) in [4.78, 5) is 25.7. The van der Waals surface area contributed by atoms with Crippen molar-refractivity contribution >= 4 is 11.9 Å². The second kappa shape index (κ2) is 5.10. The summed E-state index contributed by atoms with van der Waals surface area (Å²) in [5.41, 5.74) is 0.338. The van der Waals surface area contributed by atoms with Crippen LogP contribution in [-0.4, -0.2) is 49.2 Å². The molecule has 0 aromatic rings. The number of carbonyl (C=O) groups is 2. The molecule has 100 valence electrons. The molecule has 2 saturated heterocycles. The Kier molecular flexibility index (Phi) is 3.71. The molecule has 0 N–H and O–H groups in total. The fraction of sp³-hybridized carbons (Fsp3) is 0.692. The van der Waals surface area contributed by atoms with E-state index in [-0.39, 0.29) is 11.9 Å². The summed E-state index contributed by atoms with van der Waals surface area (Å²) in [5, 5.41) is 0. The van der Waals surface area contributed by atoms with E-state index in [9.17, 15) is 9.59 Å². The molecule has 2 aliphatic heterocycles. The molecule has 2 fully saturated rings. The topological polar surface area (TPSA) is 55.8 Å². The third kappa shape index (κ3) is 2.03. The Balaban J connectivity index is 2.21. The van der Waals surface area contributed by atoms with Crippen LogP contribution in [-0.2, 0) is 19.1 Å². The van der Waals surface area contributed by atoms with Gasteiger partial charge in [-0.15, -0.1) is 0 Å². The summed E-state index contributed by atoms with van der Waals surface area (Å²) in [5.74, 6) is -0.222. The van der Waals surface area contributed by atoms with Crippen LogP contribution in [0.25, 0.3) is 0 Å². The summed E-state index contributed by atoms with van der Waals surface area (Å²) in [7, 11) is 1.62. The second-order valence-corrected chi connectivity index (χ2v) is 4.73. The normalized spacial score (nSPS) is 28.9. The molecule has 1 amide bonds.